The molecule has 0 amide bonds. The molecule has 17 heavy (non-hydrogen) atoms. The molecule has 0 spiro atoms. The van der Waals surface area contributed by atoms with Crippen LogP contribution in [0.5, 0.6) is 0 Å². The second kappa shape index (κ2) is 3.71. The third-order valence-corrected chi connectivity index (χ3v) is 2.73. The molecule has 0 aliphatic heterocycles. The van der Waals surface area contributed by atoms with Gasteiger partial charge in [-0.05, 0) is 12.8 Å². The summed E-state index contributed by atoms with van der Waals surface area (Å²) < 4.78 is 39.0. The summed E-state index contributed by atoms with van der Waals surface area (Å²) in [7, 11) is 0. The Hall–Kier alpha value is -1.07. The first-order valence-electron chi connectivity index (χ1n) is 5.69. The van der Waals surface area contributed by atoms with Gasteiger partial charge in [-0.3, -0.25) is 0 Å². The molecule has 6 heteroatoms. The van der Waals surface area contributed by atoms with E-state index in [0.29, 0.717) is 11.6 Å². The molecule has 0 unspecified atom stereocenters. The normalized spacial score (nSPS) is 17.5. The molecule has 0 saturated heterocycles. The van der Waals surface area contributed by atoms with Gasteiger partial charge in [0.15, 0.2) is 0 Å². The summed E-state index contributed by atoms with van der Waals surface area (Å²) in [6, 6.07) is 0. The average molecular weight is 247 g/mol. The van der Waals surface area contributed by atoms with Crippen molar-refractivity contribution >= 4 is 0 Å². The summed E-state index contributed by atoms with van der Waals surface area (Å²) in [5.74, 6) is 1.07. The molecule has 1 aromatic rings. The van der Waals surface area contributed by atoms with Crippen LogP contribution in [0.25, 0.3) is 0 Å². The molecule has 1 aliphatic rings. The van der Waals surface area contributed by atoms with Crippen LogP contribution >= 0.6 is 0 Å². The van der Waals surface area contributed by atoms with E-state index >= 15 is 0 Å². The van der Waals surface area contributed by atoms with E-state index in [0.717, 1.165) is 12.8 Å². The van der Waals surface area contributed by atoms with Gasteiger partial charge in [-0.1, -0.05) is 20.8 Å². The maximum Gasteiger partial charge on any atom is 0.406 e. The van der Waals surface area contributed by atoms with Gasteiger partial charge < -0.3 is 4.57 Å². The number of rotatable bonds is 2. The van der Waals surface area contributed by atoms with Gasteiger partial charge in [-0.2, -0.15) is 13.2 Å². The first-order valence-corrected chi connectivity index (χ1v) is 5.69. The van der Waals surface area contributed by atoms with Gasteiger partial charge in [0, 0.05) is 11.3 Å². The molecule has 1 saturated carbocycles. The number of hydrogen-bond donors (Lipinski definition) is 0. The molecule has 0 aromatic carbocycles. The number of aromatic nitrogens is 3. The summed E-state index contributed by atoms with van der Waals surface area (Å²) in [5, 5.41) is 7.89. The Morgan fingerprint density at radius 1 is 1.18 bits per heavy atom. The van der Waals surface area contributed by atoms with Crippen LogP contribution in [0.2, 0.25) is 0 Å². The van der Waals surface area contributed by atoms with Crippen molar-refractivity contribution in [3.05, 3.63) is 11.6 Å². The first-order chi connectivity index (χ1) is 7.68. The average Bonchev–Trinajstić information content (AvgIpc) is 2.84. The largest absolute Gasteiger partial charge is 0.406 e. The van der Waals surface area contributed by atoms with Gasteiger partial charge in [-0.25, -0.2) is 0 Å². The highest BCUT2D eigenvalue weighted by atomic mass is 19.4. The van der Waals surface area contributed by atoms with Crippen molar-refractivity contribution in [2.24, 2.45) is 0 Å². The summed E-state index contributed by atoms with van der Waals surface area (Å²) in [6.45, 7) is 4.56. The Morgan fingerprint density at radius 3 is 2.18 bits per heavy atom. The van der Waals surface area contributed by atoms with E-state index in [4.69, 9.17) is 0 Å². The second-order valence-corrected chi connectivity index (χ2v) is 5.61. The van der Waals surface area contributed by atoms with Crippen molar-refractivity contribution in [1.82, 2.24) is 14.8 Å². The molecule has 0 radical (unpaired) electrons. The zero-order valence-electron chi connectivity index (χ0n) is 10.2. The first kappa shape index (κ1) is 12.4. The van der Waals surface area contributed by atoms with Crippen LogP contribution in [-0.4, -0.2) is 20.9 Å². The molecule has 1 heterocycles. The monoisotopic (exact) mass is 247 g/mol. The molecule has 0 N–H and O–H groups in total. The molecule has 2 rings (SSSR count). The fraction of sp³-hybridized carbons (Fsp3) is 0.818. The van der Waals surface area contributed by atoms with E-state index in [9.17, 15) is 13.2 Å². The highest BCUT2D eigenvalue weighted by molar-refractivity contribution is 5.13. The van der Waals surface area contributed by atoms with Crippen LogP contribution in [0.15, 0.2) is 0 Å². The van der Waals surface area contributed by atoms with Gasteiger partial charge in [0.05, 0.1) is 0 Å². The van der Waals surface area contributed by atoms with Gasteiger partial charge in [0.2, 0.25) is 0 Å². The highest BCUT2D eigenvalue weighted by Gasteiger charge is 2.37. The molecule has 0 atom stereocenters. The van der Waals surface area contributed by atoms with E-state index in [1.54, 1.807) is 0 Å². The van der Waals surface area contributed by atoms with Gasteiger partial charge >= 0.3 is 6.18 Å². The number of halogens is 3. The molecule has 96 valence electrons. The smallest absolute Gasteiger partial charge is 0.305 e. The van der Waals surface area contributed by atoms with E-state index in [-0.39, 0.29) is 5.92 Å². The van der Waals surface area contributed by atoms with Crippen molar-refractivity contribution in [2.45, 2.75) is 57.7 Å². The van der Waals surface area contributed by atoms with Gasteiger partial charge in [0.25, 0.3) is 0 Å². The molecule has 3 nitrogen and oxygen atoms in total. The molecule has 0 bridgehead atoms. The van der Waals surface area contributed by atoms with Crippen molar-refractivity contribution < 1.29 is 13.2 Å². The number of hydrogen-bond acceptors (Lipinski definition) is 2. The topological polar surface area (TPSA) is 30.7 Å². The van der Waals surface area contributed by atoms with Crippen LogP contribution in [-0.2, 0) is 12.0 Å². The standard InChI is InChI=1S/C11H16F3N3/c1-10(2,3)9-16-15-8(7-4-5-7)17(9)6-11(12,13)14/h7H,4-6H2,1-3H3. The van der Waals surface area contributed by atoms with Crippen LogP contribution in [0.1, 0.15) is 51.2 Å². The van der Waals surface area contributed by atoms with E-state index in [2.05, 4.69) is 10.2 Å². The van der Waals surface area contributed by atoms with Gasteiger partial charge in [0.1, 0.15) is 18.2 Å². The zero-order chi connectivity index (χ0) is 12.8. The summed E-state index contributed by atoms with van der Waals surface area (Å²) >= 11 is 0. The fourth-order valence-corrected chi connectivity index (χ4v) is 1.85. The Labute approximate surface area is 98.0 Å². The third kappa shape index (κ3) is 2.79. The molecular weight excluding hydrogens is 231 g/mol. The van der Waals surface area contributed by atoms with Crippen LogP contribution in [0, 0.1) is 0 Å². The Balaban J connectivity index is 2.40. The minimum Gasteiger partial charge on any atom is -0.305 e. The molecule has 1 aromatic heterocycles. The Bertz CT molecular complexity index is 411. The predicted molar refractivity (Wildman–Crippen MR) is 56.8 cm³/mol. The van der Waals surface area contributed by atoms with Crippen molar-refractivity contribution in [2.75, 3.05) is 0 Å². The SMILES string of the molecule is CC(C)(C)c1nnc(C2CC2)n1CC(F)(F)F. The van der Waals surface area contributed by atoms with Crippen molar-refractivity contribution in [3.63, 3.8) is 0 Å². The molecule has 1 aliphatic carbocycles. The van der Waals surface area contributed by atoms with Crippen molar-refractivity contribution in [1.29, 1.82) is 0 Å². The number of alkyl halides is 3. The maximum absolute atomic E-state index is 12.6. The highest BCUT2D eigenvalue weighted by Crippen LogP contribution is 2.40. The lowest BCUT2D eigenvalue weighted by atomic mass is 9.95. The fourth-order valence-electron chi connectivity index (χ4n) is 1.85. The van der Waals surface area contributed by atoms with E-state index in [1.165, 1.54) is 4.57 Å². The minimum absolute atomic E-state index is 0.168. The van der Waals surface area contributed by atoms with Crippen LogP contribution in [0.3, 0.4) is 0 Å². The minimum atomic E-state index is -4.23. The Kier molecular flexibility index (Phi) is 2.71. The summed E-state index contributed by atoms with van der Waals surface area (Å²) in [5.41, 5.74) is -0.425. The quantitative estimate of drug-likeness (QED) is 0.804. The molecule has 1 fully saturated rings. The summed E-state index contributed by atoms with van der Waals surface area (Å²) in [4.78, 5) is 0. The zero-order valence-corrected chi connectivity index (χ0v) is 10.2. The lowest BCUT2D eigenvalue weighted by molar-refractivity contribution is -0.141. The van der Waals surface area contributed by atoms with Gasteiger partial charge in [-0.15, -0.1) is 10.2 Å². The third-order valence-electron chi connectivity index (χ3n) is 2.73. The van der Waals surface area contributed by atoms with Crippen LogP contribution < -0.4 is 0 Å². The van der Waals surface area contributed by atoms with Crippen molar-refractivity contribution in [3.8, 4) is 0 Å². The predicted octanol–water partition coefficient (Wildman–Crippen LogP) is 3.02. The lowest BCUT2D eigenvalue weighted by Gasteiger charge is -2.20. The lowest BCUT2D eigenvalue weighted by Crippen LogP contribution is -2.26. The summed E-state index contributed by atoms with van der Waals surface area (Å²) in [6.07, 6.45) is -2.40. The maximum atomic E-state index is 12.6. The Morgan fingerprint density at radius 2 is 1.76 bits per heavy atom. The van der Waals surface area contributed by atoms with Crippen LogP contribution in [0.4, 0.5) is 13.2 Å². The molecular formula is C11H16F3N3. The number of nitrogens with zero attached hydrogens (tertiary/aromatic N) is 3. The van der Waals surface area contributed by atoms with E-state index in [1.807, 2.05) is 20.8 Å². The second-order valence-electron chi connectivity index (χ2n) is 5.61. The van der Waals surface area contributed by atoms with E-state index < -0.39 is 18.1 Å².